The van der Waals surface area contributed by atoms with E-state index in [9.17, 15) is 0 Å². The van der Waals surface area contributed by atoms with E-state index in [1.807, 2.05) is 42.9 Å². The van der Waals surface area contributed by atoms with Crippen LogP contribution in [-0.2, 0) is 6.42 Å². The maximum atomic E-state index is 5.95. The molecule has 0 saturated carbocycles. The Hall–Kier alpha value is -1.37. The minimum atomic E-state index is 0.107. The highest BCUT2D eigenvalue weighted by Gasteiger charge is 2.15. The van der Waals surface area contributed by atoms with Gasteiger partial charge >= 0.3 is 0 Å². The van der Waals surface area contributed by atoms with Gasteiger partial charge in [0, 0.05) is 30.2 Å². The molecule has 0 saturated heterocycles. The molecule has 3 heterocycles. The zero-order chi connectivity index (χ0) is 13.2. The summed E-state index contributed by atoms with van der Waals surface area (Å²) in [6, 6.07) is 6.12. The van der Waals surface area contributed by atoms with Gasteiger partial charge in [0.1, 0.15) is 10.7 Å². The standard InChI is InChI=1S/C13H14N4S2/c1-9(14)8-10-12(19-13-15-5-7-18-13)16-11-4-2-3-6-17(10)11/h2-7,9H,8,14H2,1H3. The van der Waals surface area contributed by atoms with Gasteiger partial charge in [0.05, 0.1) is 5.69 Å². The lowest BCUT2D eigenvalue weighted by atomic mass is 10.2. The van der Waals surface area contributed by atoms with Crippen LogP contribution in [0.15, 0.2) is 45.3 Å². The summed E-state index contributed by atoms with van der Waals surface area (Å²) in [5, 5.41) is 2.97. The summed E-state index contributed by atoms with van der Waals surface area (Å²) in [6.07, 6.45) is 4.65. The first kappa shape index (κ1) is 12.7. The van der Waals surface area contributed by atoms with Gasteiger partial charge in [0.2, 0.25) is 0 Å². The fourth-order valence-electron chi connectivity index (χ4n) is 1.94. The molecule has 0 fully saturated rings. The molecular formula is C13H14N4S2. The number of hydrogen-bond donors (Lipinski definition) is 1. The van der Waals surface area contributed by atoms with E-state index >= 15 is 0 Å². The summed E-state index contributed by atoms with van der Waals surface area (Å²) in [7, 11) is 0. The van der Waals surface area contributed by atoms with E-state index in [1.165, 1.54) is 0 Å². The summed E-state index contributed by atoms with van der Waals surface area (Å²) in [6.45, 7) is 2.01. The van der Waals surface area contributed by atoms with Gasteiger partial charge in [-0.25, -0.2) is 9.97 Å². The maximum absolute atomic E-state index is 5.95. The van der Waals surface area contributed by atoms with E-state index in [4.69, 9.17) is 5.73 Å². The normalized spacial score (nSPS) is 12.9. The zero-order valence-corrected chi connectivity index (χ0v) is 12.1. The highest BCUT2D eigenvalue weighted by Crippen LogP contribution is 2.32. The second-order valence-corrected chi connectivity index (χ2v) is 6.50. The number of nitrogens with zero attached hydrogens (tertiary/aromatic N) is 3. The molecule has 0 bridgehead atoms. The third-order valence-electron chi connectivity index (χ3n) is 2.70. The lowest BCUT2D eigenvalue weighted by Gasteiger charge is -2.06. The van der Waals surface area contributed by atoms with E-state index in [1.54, 1.807) is 23.1 Å². The lowest BCUT2D eigenvalue weighted by Crippen LogP contribution is -2.19. The molecular weight excluding hydrogens is 276 g/mol. The SMILES string of the molecule is CC(N)Cc1c(Sc2nccs2)nc2ccccn12. The molecule has 0 aliphatic rings. The molecule has 0 radical (unpaired) electrons. The Balaban J connectivity index is 2.06. The third kappa shape index (κ3) is 2.65. The van der Waals surface area contributed by atoms with Crippen LogP contribution < -0.4 is 5.73 Å². The minimum Gasteiger partial charge on any atom is -0.328 e. The van der Waals surface area contributed by atoms with Gasteiger partial charge in [-0.2, -0.15) is 0 Å². The van der Waals surface area contributed by atoms with Crippen molar-refractivity contribution in [3.8, 4) is 0 Å². The Kier molecular flexibility index (Phi) is 3.54. The third-order valence-corrected chi connectivity index (χ3v) is 4.60. The molecule has 1 unspecified atom stereocenters. The highest BCUT2D eigenvalue weighted by atomic mass is 32.2. The number of imidazole rings is 1. The molecule has 98 valence electrons. The van der Waals surface area contributed by atoms with Crippen LogP contribution in [0.4, 0.5) is 0 Å². The Morgan fingerprint density at radius 2 is 2.37 bits per heavy atom. The van der Waals surface area contributed by atoms with Crippen molar-refractivity contribution in [2.24, 2.45) is 5.73 Å². The van der Waals surface area contributed by atoms with E-state index < -0.39 is 0 Å². The Morgan fingerprint density at radius 1 is 1.47 bits per heavy atom. The van der Waals surface area contributed by atoms with Crippen LogP contribution in [0.1, 0.15) is 12.6 Å². The largest absolute Gasteiger partial charge is 0.328 e. The average Bonchev–Trinajstić information content (AvgIpc) is 2.99. The Labute approximate surface area is 119 Å². The number of aromatic nitrogens is 3. The summed E-state index contributed by atoms with van der Waals surface area (Å²) < 4.78 is 3.12. The Morgan fingerprint density at radius 3 is 3.11 bits per heavy atom. The van der Waals surface area contributed by atoms with Gasteiger partial charge in [-0.15, -0.1) is 11.3 Å². The monoisotopic (exact) mass is 290 g/mol. The first-order valence-corrected chi connectivity index (χ1v) is 7.72. The predicted octanol–water partition coefficient (Wildman–Crippen LogP) is 2.83. The molecule has 3 aromatic rings. The van der Waals surface area contributed by atoms with Crippen LogP contribution >= 0.6 is 23.1 Å². The smallest absolute Gasteiger partial charge is 0.156 e. The summed E-state index contributed by atoms with van der Waals surface area (Å²) in [5.74, 6) is 0. The topological polar surface area (TPSA) is 56.2 Å². The van der Waals surface area contributed by atoms with E-state index in [-0.39, 0.29) is 6.04 Å². The minimum absolute atomic E-state index is 0.107. The van der Waals surface area contributed by atoms with Crippen molar-refractivity contribution in [2.75, 3.05) is 0 Å². The molecule has 0 aliphatic carbocycles. The summed E-state index contributed by atoms with van der Waals surface area (Å²) in [4.78, 5) is 8.98. The zero-order valence-electron chi connectivity index (χ0n) is 10.5. The molecule has 4 nitrogen and oxygen atoms in total. The molecule has 19 heavy (non-hydrogen) atoms. The van der Waals surface area contributed by atoms with Crippen LogP contribution in [0.25, 0.3) is 5.65 Å². The first-order chi connectivity index (χ1) is 9.24. The van der Waals surface area contributed by atoms with Crippen LogP contribution in [0.3, 0.4) is 0 Å². The molecule has 0 aromatic carbocycles. The quantitative estimate of drug-likeness (QED) is 0.803. The first-order valence-electron chi connectivity index (χ1n) is 6.03. The van der Waals surface area contributed by atoms with Crippen molar-refractivity contribution >= 4 is 28.7 Å². The number of fused-ring (bicyclic) bond motifs is 1. The molecule has 6 heteroatoms. The number of rotatable bonds is 4. The highest BCUT2D eigenvalue weighted by molar-refractivity contribution is 8.01. The second-order valence-electron chi connectivity index (χ2n) is 4.37. The lowest BCUT2D eigenvalue weighted by molar-refractivity contribution is 0.705. The van der Waals surface area contributed by atoms with Gasteiger partial charge in [0.25, 0.3) is 0 Å². The summed E-state index contributed by atoms with van der Waals surface area (Å²) >= 11 is 3.24. The van der Waals surface area contributed by atoms with Gasteiger partial charge in [-0.3, -0.25) is 0 Å². The van der Waals surface area contributed by atoms with Gasteiger partial charge in [-0.05, 0) is 30.8 Å². The molecule has 3 rings (SSSR count). The van der Waals surface area contributed by atoms with Crippen molar-refractivity contribution in [3.05, 3.63) is 41.7 Å². The van der Waals surface area contributed by atoms with Crippen LogP contribution in [0.2, 0.25) is 0 Å². The van der Waals surface area contributed by atoms with Crippen molar-refractivity contribution in [3.63, 3.8) is 0 Å². The number of thiazole rings is 1. The second kappa shape index (κ2) is 5.32. The van der Waals surface area contributed by atoms with Crippen LogP contribution in [-0.4, -0.2) is 20.4 Å². The van der Waals surface area contributed by atoms with Crippen molar-refractivity contribution < 1.29 is 0 Å². The number of pyridine rings is 1. The molecule has 0 spiro atoms. The molecule has 2 N–H and O–H groups in total. The van der Waals surface area contributed by atoms with Gasteiger partial charge < -0.3 is 10.1 Å². The van der Waals surface area contributed by atoms with Gasteiger partial charge in [0.15, 0.2) is 4.34 Å². The fourth-order valence-corrected chi connectivity index (χ4v) is 3.61. The fraction of sp³-hybridized carbons (Fsp3) is 0.231. The van der Waals surface area contributed by atoms with Crippen molar-refractivity contribution in [2.45, 2.75) is 28.8 Å². The maximum Gasteiger partial charge on any atom is 0.156 e. The molecule has 0 aliphatic heterocycles. The Bertz CT molecular complexity index is 673. The van der Waals surface area contributed by atoms with E-state index in [0.29, 0.717) is 0 Å². The molecule has 1 atom stereocenters. The number of hydrogen-bond acceptors (Lipinski definition) is 5. The number of nitrogens with two attached hydrogens (primary N) is 1. The summed E-state index contributed by atoms with van der Waals surface area (Å²) in [5.41, 5.74) is 8.07. The van der Waals surface area contributed by atoms with Crippen molar-refractivity contribution in [1.82, 2.24) is 14.4 Å². The van der Waals surface area contributed by atoms with E-state index in [0.717, 1.165) is 27.1 Å². The predicted molar refractivity (Wildman–Crippen MR) is 78.8 cm³/mol. The van der Waals surface area contributed by atoms with Crippen LogP contribution in [0.5, 0.6) is 0 Å². The van der Waals surface area contributed by atoms with Gasteiger partial charge in [-0.1, -0.05) is 6.07 Å². The van der Waals surface area contributed by atoms with Crippen LogP contribution in [0, 0.1) is 0 Å². The van der Waals surface area contributed by atoms with Crippen molar-refractivity contribution in [1.29, 1.82) is 0 Å². The van der Waals surface area contributed by atoms with E-state index in [2.05, 4.69) is 14.4 Å². The molecule has 3 aromatic heterocycles. The molecule has 0 amide bonds. The average molecular weight is 290 g/mol.